The zero-order chi connectivity index (χ0) is 13.2. The highest BCUT2D eigenvalue weighted by Gasteiger charge is 2.39. The largest absolute Gasteiger partial charge is 0.330 e. The van der Waals surface area contributed by atoms with Gasteiger partial charge in [0.2, 0.25) is 0 Å². The average Bonchev–Trinajstić information content (AvgIpc) is 2.95. The highest BCUT2D eigenvalue weighted by Crippen LogP contribution is 2.47. The summed E-state index contributed by atoms with van der Waals surface area (Å²) in [5, 5.41) is 0. The van der Waals surface area contributed by atoms with E-state index in [1.807, 2.05) is 0 Å². The predicted molar refractivity (Wildman–Crippen MR) is 72.2 cm³/mol. The number of hydrogen-bond acceptors (Lipinski definition) is 3. The summed E-state index contributed by atoms with van der Waals surface area (Å²) in [6.45, 7) is 1.62. The van der Waals surface area contributed by atoms with Crippen LogP contribution in [0.15, 0.2) is 0 Å². The Kier molecular flexibility index (Phi) is 4.64. The van der Waals surface area contributed by atoms with E-state index >= 15 is 0 Å². The van der Waals surface area contributed by atoms with Gasteiger partial charge in [-0.3, -0.25) is 0 Å². The second-order valence-corrected chi connectivity index (χ2v) is 7.61. The van der Waals surface area contributed by atoms with Crippen molar-refractivity contribution in [3.63, 3.8) is 0 Å². The number of fused-ring (bicyclic) bond motifs is 2. The van der Waals surface area contributed by atoms with Crippen molar-refractivity contribution < 1.29 is 8.42 Å². The van der Waals surface area contributed by atoms with E-state index in [-0.39, 0.29) is 0 Å². The summed E-state index contributed by atoms with van der Waals surface area (Å²) in [6, 6.07) is 0. The molecule has 0 heterocycles. The first kappa shape index (κ1) is 14.2. The smallest absolute Gasteiger partial charge is 0.279 e. The van der Waals surface area contributed by atoms with Crippen LogP contribution in [0.2, 0.25) is 0 Å². The van der Waals surface area contributed by atoms with Crippen molar-refractivity contribution in [1.82, 2.24) is 9.03 Å². The van der Waals surface area contributed by atoms with Gasteiger partial charge in [-0.1, -0.05) is 6.42 Å². The number of nitrogens with two attached hydrogens (primary N) is 1. The van der Waals surface area contributed by atoms with Gasteiger partial charge in [0.05, 0.1) is 0 Å². The molecule has 0 aromatic heterocycles. The molecule has 0 aromatic rings. The summed E-state index contributed by atoms with van der Waals surface area (Å²) in [7, 11) is -1.70. The van der Waals surface area contributed by atoms with Crippen LogP contribution in [-0.4, -0.2) is 39.4 Å². The molecule has 0 aromatic carbocycles. The van der Waals surface area contributed by atoms with Gasteiger partial charge in [-0.2, -0.15) is 12.7 Å². The Labute approximate surface area is 110 Å². The fraction of sp³-hybridized carbons (Fsp3) is 1.00. The van der Waals surface area contributed by atoms with Gasteiger partial charge in [0.25, 0.3) is 10.2 Å². The fourth-order valence-electron chi connectivity index (χ4n) is 3.38. The fourth-order valence-corrected chi connectivity index (χ4v) is 4.40. The average molecular weight is 275 g/mol. The van der Waals surface area contributed by atoms with Gasteiger partial charge in [0.1, 0.15) is 0 Å². The van der Waals surface area contributed by atoms with E-state index in [0.717, 1.165) is 11.8 Å². The molecule has 2 aliphatic carbocycles. The van der Waals surface area contributed by atoms with E-state index < -0.39 is 10.2 Å². The lowest BCUT2D eigenvalue weighted by atomic mass is 9.89. The Morgan fingerprint density at radius 1 is 1.33 bits per heavy atom. The zero-order valence-corrected chi connectivity index (χ0v) is 12.0. The highest BCUT2D eigenvalue weighted by molar-refractivity contribution is 7.87. The van der Waals surface area contributed by atoms with E-state index in [2.05, 4.69) is 4.72 Å². The molecule has 2 bridgehead atoms. The molecule has 0 saturated heterocycles. The third-order valence-corrected chi connectivity index (χ3v) is 6.03. The van der Waals surface area contributed by atoms with Gasteiger partial charge in [-0.25, -0.2) is 4.72 Å². The van der Waals surface area contributed by atoms with Gasteiger partial charge < -0.3 is 5.73 Å². The summed E-state index contributed by atoms with van der Waals surface area (Å²) in [4.78, 5) is 0. The third kappa shape index (κ3) is 3.23. The van der Waals surface area contributed by atoms with Gasteiger partial charge in [0.15, 0.2) is 0 Å². The van der Waals surface area contributed by atoms with Gasteiger partial charge in [0, 0.05) is 20.1 Å². The lowest BCUT2D eigenvalue weighted by Gasteiger charge is -2.24. The monoisotopic (exact) mass is 275 g/mol. The summed E-state index contributed by atoms with van der Waals surface area (Å²) in [6.07, 6.45) is 5.87. The molecule has 3 atom stereocenters. The van der Waals surface area contributed by atoms with Crippen LogP contribution in [0.3, 0.4) is 0 Å². The van der Waals surface area contributed by atoms with E-state index in [1.54, 1.807) is 7.05 Å². The molecule has 2 saturated carbocycles. The van der Waals surface area contributed by atoms with E-state index in [9.17, 15) is 8.42 Å². The Morgan fingerprint density at radius 2 is 2.11 bits per heavy atom. The van der Waals surface area contributed by atoms with Crippen molar-refractivity contribution in [3.05, 3.63) is 0 Å². The van der Waals surface area contributed by atoms with Crippen LogP contribution in [-0.2, 0) is 10.2 Å². The summed E-state index contributed by atoms with van der Waals surface area (Å²) < 4.78 is 28.1. The lowest BCUT2D eigenvalue weighted by Crippen LogP contribution is -2.41. The molecule has 0 amide bonds. The first-order valence-corrected chi connectivity index (χ1v) is 8.38. The van der Waals surface area contributed by atoms with Crippen molar-refractivity contribution in [2.45, 2.75) is 32.1 Å². The maximum Gasteiger partial charge on any atom is 0.279 e. The Balaban J connectivity index is 1.78. The number of nitrogens with zero attached hydrogens (tertiary/aromatic N) is 1. The van der Waals surface area contributed by atoms with Gasteiger partial charge >= 0.3 is 0 Å². The first-order chi connectivity index (χ1) is 8.53. The third-order valence-electron chi connectivity index (χ3n) is 4.50. The molecule has 0 aliphatic heterocycles. The summed E-state index contributed by atoms with van der Waals surface area (Å²) in [5.74, 6) is 2.17. The van der Waals surface area contributed by atoms with Crippen LogP contribution in [0.25, 0.3) is 0 Å². The SMILES string of the molecule is CN(CCCN)S(=O)(=O)NCC1CC2CCC1C2. The normalized spacial score (nSPS) is 31.4. The van der Waals surface area contributed by atoms with Crippen molar-refractivity contribution >= 4 is 10.2 Å². The maximum atomic E-state index is 12.0. The molecule has 3 unspecified atom stereocenters. The summed E-state index contributed by atoms with van der Waals surface area (Å²) >= 11 is 0. The van der Waals surface area contributed by atoms with Crippen LogP contribution in [0.4, 0.5) is 0 Å². The minimum Gasteiger partial charge on any atom is -0.330 e. The molecule has 0 spiro atoms. The number of rotatable bonds is 7. The van der Waals surface area contributed by atoms with Crippen LogP contribution in [0.1, 0.15) is 32.1 Å². The van der Waals surface area contributed by atoms with E-state index in [0.29, 0.717) is 32.0 Å². The Hall–Kier alpha value is -0.170. The molecule has 0 radical (unpaired) electrons. The second kappa shape index (κ2) is 5.86. The molecule has 106 valence electrons. The van der Waals surface area contributed by atoms with Crippen molar-refractivity contribution in [2.75, 3.05) is 26.7 Å². The van der Waals surface area contributed by atoms with Crippen LogP contribution >= 0.6 is 0 Å². The molecule has 2 aliphatic rings. The van der Waals surface area contributed by atoms with Crippen LogP contribution in [0, 0.1) is 17.8 Å². The van der Waals surface area contributed by atoms with Gasteiger partial charge in [-0.15, -0.1) is 0 Å². The van der Waals surface area contributed by atoms with Crippen molar-refractivity contribution in [3.8, 4) is 0 Å². The second-order valence-electron chi connectivity index (χ2n) is 5.75. The molecule has 2 fully saturated rings. The van der Waals surface area contributed by atoms with Gasteiger partial charge in [-0.05, 0) is 50.0 Å². The zero-order valence-electron chi connectivity index (χ0n) is 11.1. The molecule has 5 nitrogen and oxygen atoms in total. The molecular formula is C12H25N3O2S. The number of hydrogen-bond donors (Lipinski definition) is 2. The molecule has 6 heteroatoms. The minimum absolute atomic E-state index is 0.489. The quantitative estimate of drug-likeness (QED) is 0.712. The Morgan fingerprint density at radius 3 is 2.67 bits per heavy atom. The predicted octanol–water partition coefficient (Wildman–Crippen LogP) is 0.538. The lowest BCUT2D eigenvalue weighted by molar-refractivity contribution is 0.329. The topological polar surface area (TPSA) is 75.4 Å². The van der Waals surface area contributed by atoms with Crippen LogP contribution in [0.5, 0.6) is 0 Å². The molecule has 2 rings (SSSR count). The van der Waals surface area contributed by atoms with E-state index in [1.165, 1.54) is 30.0 Å². The highest BCUT2D eigenvalue weighted by atomic mass is 32.2. The molecule has 3 N–H and O–H groups in total. The van der Waals surface area contributed by atoms with Crippen molar-refractivity contribution in [2.24, 2.45) is 23.5 Å². The standard InChI is InChI=1S/C12H25N3O2S/c1-15(6-2-5-13)18(16,17)14-9-12-8-10-3-4-11(12)7-10/h10-12,14H,2-9,13H2,1H3. The minimum atomic E-state index is -3.31. The van der Waals surface area contributed by atoms with E-state index in [4.69, 9.17) is 5.73 Å². The van der Waals surface area contributed by atoms with Crippen LogP contribution < -0.4 is 10.5 Å². The first-order valence-electron chi connectivity index (χ1n) is 6.94. The molecule has 18 heavy (non-hydrogen) atoms. The Bertz CT molecular complexity index is 372. The number of nitrogens with one attached hydrogen (secondary N) is 1. The summed E-state index contributed by atoms with van der Waals surface area (Å²) in [5.41, 5.74) is 5.39. The molecular weight excluding hydrogens is 250 g/mol. The maximum absolute atomic E-state index is 12.0. The van der Waals surface area contributed by atoms with Crippen molar-refractivity contribution in [1.29, 1.82) is 0 Å².